The van der Waals surface area contributed by atoms with Crippen molar-refractivity contribution < 1.29 is 14.3 Å². The number of piperidine rings is 1. The minimum atomic E-state index is -1.07. The molecule has 1 saturated carbocycles. The van der Waals surface area contributed by atoms with Gasteiger partial charge in [0.05, 0.1) is 11.5 Å². The highest BCUT2D eigenvalue weighted by Gasteiger charge is 2.60. The molecule has 2 aromatic rings. The second kappa shape index (κ2) is 9.52. The first-order chi connectivity index (χ1) is 15.9. The first-order valence-electron chi connectivity index (χ1n) is 11.8. The standard InChI is InChI=1S/C27H32FN3O2/c1-26(14-6-11-24(26)30-25(32)33)27(19-29,22-9-5-10-23(28)17-22)21-12-15-31(16-13-21)18-20-7-3-2-4-8-20/h2-5,7-10,17,21,24,30H,6,11-16,18H2,1H3,(H,32,33)/t24-,26-,27-/m0/s1. The molecule has 1 aliphatic heterocycles. The van der Waals surface area contributed by atoms with Crippen LogP contribution in [0.1, 0.15) is 50.2 Å². The van der Waals surface area contributed by atoms with E-state index in [1.54, 1.807) is 6.07 Å². The van der Waals surface area contributed by atoms with Crippen molar-refractivity contribution in [3.63, 3.8) is 0 Å². The molecule has 6 heteroatoms. The lowest BCUT2D eigenvalue weighted by Crippen LogP contribution is -2.58. The smallest absolute Gasteiger partial charge is 0.404 e. The second-order valence-corrected chi connectivity index (χ2v) is 9.78. The summed E-state index contributed by atoms with van der Waals surface area (Å²) in [6, 6.07) is 19.1. The molecule has 2 aromatic carbocycles. The third-order valence-corrected chi connectivity index (χ3v) is 8.06. The van der Waals surface area contributed by atoms with Gasteiger partial charge < -0.3 is 10.4 Å². The van der Waals surface area contributed by atoms with Gasteiger partial charge >= 0.3 is 6.09 Å². The number of carboxylic acid groups (broad SMARTS) is 1. The third kappa shape index (κ3) is 4.35. The number of halogens is 1. The zero-order valence-electron chi connectivity index (χ0n) is 19.1. The molecule has 1 amide bonds. The number of rotatable bonds is 6. The van der Waals surface area contributed by atoms with Gasteiger partial charge in [-0.3, -0.25) is 4.90 Å². The molecule has 3 atom stereocenters. The zero-order valence-corrected chi connectivity index (χ0v) is 19.1. The molecule has 2 fully saturated rings. The number of nitrogens with one attached hydrogen (secondary N) is 1. The quantitative estimate of drug-likeness (QED) is 0.625. The number of carbonyl (C=O) groups is 1. The van der Waals surface area contributed by atoms with Crippen molar-refractivity contribution in [1.29, 1.82) is 5.26 Å². The molecule has 5 nitrogen and oxygen atoms in total. The van der Waals surface area contributed by atoms with E-state index in [9.17, 15) is 19.6 Å². The Morgan fingerprint density at radius 3 is 2.58 bits per heavy atom. The van der Waals surface area contributed by atoms with E-state index < -0.39 is 16.9 Å². The maximum atomic E-state index is 14.4. The Labute approximate surface area is 195 Å². The summed E-state index contributed by atoms with van der Waals surface area (Å²) in [7, 11) is 0. The first kappa shape index (κ1) is 23.3. The van der Waals surface area contributed by atoms with Crippen LogP contribution in [0, 0.1) is 28.5 Å². The molecule has 2 N–H and O–H groups in total. The topological polar surface area (TPSA) is 76.4 Å². The van der Waals surface area contributed by atoms with Crippen LogP contribution in [0.3, 0.4) is 0 Å². The Balaban J connectivity index is 1.67. The van der Waals surface area contributed by atoms with Gasteiger partial charge in [-0.05, 0) is 68.0 Å². The van der Waals surface area contributed by atoms with Gasteiger partial charge in [-0.1, -0.05) is 55.8 Å². The SMILES string of the molecule is C[C@]1([C@](C#N)(c2cccc(F)c2)C2CCN(Cc3ccccc3)CC2)CCC[C@@H]1NC(=O)O. The van der Waals surface area contributed by atoms with Gasteiger partial charge in [0.25, 0.3) is 0 Å². The molecule has 2 aliphatic rings. The normalized spacial score (nSPS) is 25.8. The average Bonchev–Trinajstić information content (AvgIpc) is 3.17. The Bertz CT molecular complexity index is 1020. The fourth-order valence-electron chi connectivity index (χ4n) is 6.43. The van der Waals surface area contributed by atoms with Crippen molar-refractivity contribution in [1.82, 2.24) is 10.2 Å². The zero-order chi connectivity index (χ0) is 23.5. The highest BCUT2D eigenvalue weighted by Crippen LogP contribution is 2.58. The van der Waals surface area contributed by atoms with E-state index in [1.165, 1.54) is 17.7 Å². The summed E-state index contributed by atoms with van der Waals surface area (Å²) in [5, 5.41) is 23.0. The van der Waals surface area contributed by atoms with Gasteiger partial charge in [0.15, 0.2) is 0 Å². The number of likely N-dealkylation sites (tertiary alicyclic amines) is 1. The van der Waals surface area contributed by atoms with Crippen LogP contribution in [0.2, 0.25) is 0 Å². The van der Waals surface area contributed by atoms with Crippen LogP contribution in [-0.2, 0) is 12.0 Å². The van der Waals surface area contributed by atoms with Crippen LogP contribution in [0.4, 0.5) is 9.18 Å². The van der Waals surface area contributed by atoms with E-state index in [1.807, 2.05) is 31.2 Å². The predicted molar refractivity (Wildman–Crippen MR) is 125 cm³/mol. The molecule has 1 saturated heterocycles. The summed E-state index contributed by atoms with van der Waals surface area (Å²) in [6.45, 7) is 4.61. The third-order valence-electron chi connectivity index (χ3n) is 8.06. The van der Waals surface area contributed by atoms with E-state index in [0.29, 0.717) is 12.0 Å². The summed E-state index contributed by atoms with van der Waals surface area (Å²) < 4.78 is 14.4. The molecule has 174 valence electrons. The lowest BCUT2D eigenvalue weighted by atomic mass is 9.52. The van der Waals surface area contributed by atoms with Crippen LogP contribution in [0.25, 0.3) is 0 Å². The Morgan fingerprint density at radius 2 is 1.94 bits per heavy atom. The molecule has 0 radical (unpaired) electrons. The van der Waals surface area contributed by atoms with E-state index in [4.69, 9.17) is 0 Å². The van der Waals surface area contributed by atoms with Gasteiger partial charge in [-0.25, -0.2) is 9.18 Å². The first-order valence-corrected chi connectivity index (χ1v) is 11.8. The van der Waals surface area contributed by atoms with Crippen molar-refractivity contribution in [2.75, 3.05) is 13.1 Å². The molecule has 0 bridgehead atoms. The van der Waals surface area contributed by atoms with Crippen LogP contribution in [-0.4, -0.2) is 35.2 Å². The predicted octanol–water partition coefficient (Wildman–Crippen LogP) is 5.33. The van der Waals surface area contributed by atoms with Gasteiger partial charge in [0, 0.05) is 18.0 Å². The fourth-order valence-corrected chi connectivity index (χ4v) is 6.43. The van der Waals surface area contributed by atoms with Gasteiger partial charge in [-0.2, -0.15) is 5.26 Å². The summed E-state index contributed by atoms with van der Waals surface area (Å²) >= 11 is 0. The lowest BCUT2D eigenvalue weighted by molar-refractivity contribution is 0.0499. The van der Waals surface area contributed by atoms with Crippen LogP contribution in [0.15, 0.2) is 54.6 Å². The maximum absolute atomic E-state index is 14.4. The highest BCUT2D eigenvalue weighted by atomic mass is 19.1. The Morgan fingerprint density at radius 1 is 1.21 bits per heavy atom. The fraction of sp³-hybridized carbons (Fsp3) is 0.481. The van der Waals surface area contributed by atoms with Crippen LogP contribution >= 0.6 is 0 Å². The van der Waals surface area contributed by atoms with E-state index in [0.717, 1.165) is 45.3 Å². The molecule has 0 aromatic heterocycles. The number of nitrogens with zero attached hydrogens (tertiary/aromatic N) is 2. The Hall–Kier alpha value is -2.91. The van der Waals surface area contributed by atoms with E-state index in [2.05, 4.69) is 28.4 Å². The van der Waals surface area contributed by atoms with Gasteiger partial charge in [0.1, 0.15) is 5.82 Å². The lowest BCUT2D eigenvalue weighted by Gasteiger charge is -2.52. The minimum absolute atomic E-state index is 0.0116. The second-order valence-electron chi connectivity index (χ2n) is 9.78. The van der Waals surface area contributed by atoms with Crippen LogP contribution < -0.4 is 5.32 Å². The van der Waals surface area contributed by atoms with Crippen molar-refractivity contribution in [2.24, 2.45) is 11.3 Å². The van der Waals surface area contributed by atoms with Crippen molar-refractivity contribution in [2.45, 2.75) is 57.0 Å². The maximum Gasteiger partial charge on any atom is 0.404 e. The van der Waals surface area contributed by atoms with Gasteiger partial charge in [-0.15, -0.1) is 0 Å². The summed E-state index contributed by atoms with van der Waals surface area (Å²) in [4.78, 5) is 14.0. The molecule has 0 spiro atoms. The minimum Gasteiger partial charge on any atom is -0.465 e. The van der Waals surface area contributed by atoms with Gasteiger partial charge in [0.2, 0.25) is 0 Å². The molecule has 1 aliphatic carbocycles. The number of hydrogen-bond acceptors (Lipinski definition) is 3. The average molecular weight is 450 g/mol. The molecule has 4 rings (SSSR count). The Kier molecular flexibility index (Phi) is 6.71. The molecular weight excluding hydrogens is 417 g/mol. The number of amides is 1. The summed E-state index contributed by atoms with van der Waals surface area (Å²) in [5.41, 5.74) is 0.340. The number of hydrogen-bond donors (Lipinski definition) is 2. The van der Waals surface area contributed by atoms with Crippen LogP contribution in [0.5, 0.6) is 0 Å². The number of nitriles is 1. The molecule has 33 heavy (non-hydrogen) atoms. The van der Waals surface area contributed by atoms with Crippen molar-refractivity contribution in [3.8, 4) is 6.07 Å². The summed E-state index contributed by atoms with van der Waals surface area (Å²) in [5.74, 6) is -0.351. The summed E-state index contributed by atoms with van der Waals surface area (Å²) in [6.07, 6.45) is 2.81. The number of benzene rings is 2. The van der Waals surface area contributed by atoms with Crippen molar-refractivity contribution in [3.05, 3.63) is 71.5 Å². The highest BCUT2D eigenvalue weighted by molar-refractivity contribution is 5.65. The monoisotopic (exact) mass is 449 g/mol. The van der Waals surface area contributed by atoms with E-state index in [-0.39, 0.29) is 17.8 Å². The van der Waals surface area contributed by atoms with Crippen molar-refractivity contribution >= 4 is 6.09 Å². The molecular formula is C27H32FN3O2. The largest absolute Gasteiger partial charge is 0.465 e. The molecule has 0 unspecified atom stereocenters. The molecule has 1 heterocycles. The van der Waals surface area contributed by atoms with E-state index >= 15 is 0 Å².